The van der Waals surface area contributed by atoms with Crippen LogP contribution < -0.4 is 4.94 Å². The normalized spacial score (nSPS) is 9.00. The molecular formula is C8H6FIN2O. The molecule has 0 aliphatic carbocycles. The van der Waals surface area contributed by atoms with Crippen LogP contribution in [0.4, 0.5) is 4.53 Å². The van der Waals surface area contributed by atoms with E-state index in [0.717, 1.165) is 0 Å². The van der Waals surface area contributed by atoms with Gasteiger partial charge < -0.3 is 0 Å². The number of hydrogen-bond acceptors (Lipinski definition) is 3. The fraction of sp³-hybridized carbons (Fsp3) is 0.125. The second kappa shape index (κ2) is 4.87. The van der Waals surface area contributed by atoms with Crippen molar-refractivity contribution in [2.75, 3.05) is 0 Å². The third-order valence-corrected chi connectivity index (χ3v) is 2.03. The van der Waals surface area contributed by atoms with Crippen molar-refractivity contribution in [3.05, 3.63) is 29.8 Å². The maximum atomic E-state index is 11.9. The second-order valence-corrected chi connectivity index (χ2v) is 3.47. The van der Waals surface area contributed by atoms with Crippen LogP contribution in [0.1, 0.15) is 5.56 Å². The van der Waals surface area contributed by atoms with Crippen molar-refractivity contribution in [1.82, 2.24) is 3.11 Å². The van der Waals surface area contributed by atoms with Gasteiger partial charge >= 0.3 is 0 Å². The van der Waals surface area contributed by atoms with Gasteiger partial charge in [0.1, 0.15) is 0 Å². The van der Waals surface area contributed by atoms with Crippen molar-refractivity contribution in [1.29, 1.82) is 5.26 Å². The molecule has 0 bridgehead atoms. The Labute approximate surface area is 89.1 Å². The largest absolute Gasteiger partial charge is 0.294 e. The first-order valence-electron chi connectivity index (χ1n) is 3.47. The Morgan fingerprint density at radius 2 is 2.23 bits per heavy atom. The standard InChI is InChI=1S/C8H6FIN2O/c9-13-8-4-2-1-3-7(8)5-12(10)6-11/h1-4H,5H2. The maximum absolute atomic E-state index is 11.9. The van der Waals surface area contributed by atoms with Gasteiger partial charge in [-0.1, -0.05) is 18.2 Å². The van der Waals surface area contributed by atoms with Crippen LogP contribution in [0.5, 0.6) is 5.75 Å². The summed E-state index contributed by atoms with van der Waals surface area (Å²) in [6, 6.07) is 6.65. The number of benzene rings is 1. The molecule has 0 aliphatic heterocycles. The van der Waals surface area contributed by atoms with Gasteiger partial charge in [-0.2, -0.15) is 5.26 Å². The predicted octanol–water partition coefficient (Wildman–Crippen LogP) is 2.58. The van der Waals surface area contributed by atoms with Crippen LogP contribution in [0.2, 0.25) is 0 Å². The van der Waals surface area contributed by atoms with Gasteiger partial charge in [-0.25, -0.2) is 3.11 Å². The molecule has 0 heterocycles. The average molecular weight is 292 g/mol. The van der Waals surface area contributed by atoms with Crippen molar-refractivity contribution >= 4 is 22.9 Å². The molecule has 1 aromatic rings. The van der Waals surface area contributed by atoms with Crippen molar-refractivity contribution in [3.8, 4) is 11.9 Å². The predicted molar refractivity (Wildman–Crippen MR) is 53.4 cm³/mol. The second-order valence-electron chi connectivity index (χ2n) is 2.31. The molecule has 1 aromatic carbocycles. The van der Waals surface area contributed by atoms with Crippen molar-refractivity contribution in [3.63, 3.8) is 0 Å². The third kappa shape index (κ3) is 2.73. The van der Waals surface area contributed by atoms with Gasteiger partial charge in [-0.15, -0.1) is 0 Å². The Kier molecular flexibility index (Phi) is 3.76. The number of nitrogens with zero attached hydrogens (tertiary/aromatic N) is 2. The molecule has 3 nitrogen and oxygen atoms in total. The lowest BCUT2D eigenvalue weighted by Gasteiger charge is -2.07. The Hall–Kier alpha value is -1.03. The summed E-state index contributed by atoms with van der Waals surface area (Å²) in [6.07, 6.45) is 1.91. The van der Waals surface area contributed by atoms with Crippen LogP contribution in [0.3, 0.4) is 0 Å². The lowest BCUT2D eigenvalue weighted by atomic mass is 10.2. The van der Waals surface area contributed by atoms with Gasteiger partial charge in [0.15, 0.2) is 11.9 Å². The molecule has 0 fully saturated rings. The van der Waals surface area contributed by atoms with Gasteiger partial charge in [-0.05, 0) is 6.07 Å². The Balaban J connectivity index is 2.82. The van der Waals surface area contributed by atoms with E-state index in [4.69, 9.17) is 5.26 Å². The number of nitriles is 1. The van der Waals surface area contributed by atoms with E-state index in [9.17, 15) is 4.53 Å². The Bertz CT molecular complexity index is 326. The molecule has 68 valence electrons. The molecule has 5 heteroatoms. The summed E-state index contributed by atoms with van der Waals surface area (Å²) < 4.78 is 13.3. The number of halogens is 2. The maximum Gasteiger partial charge on any atom is 0.189 e. The zero-order valence-corrected chi connectivity index (χ0v) is 8.73. The zero-order chi connectivity index (χ0) is 9.68. The molecule has 0 unspecified atom stereocenters. The van der Waals surface area contributed by atoms with Gasteiger partial charge in [0, 0.05) is 10.1 Å². The summed E-state index contributed by atoms with van der Waals surface area (Å²) >= 11 is 1.84. The molecule has 0 N–H and O–H groups in total. The highest BCUT2D eigenvalue weighted by atomic mass is 127. The molecule has 0 amide bonds. The highest BCUT2D eigenvalue weighted by Crippen LogP contribution is 2.20. The Morgan fingerprint density at radius 3 is 2.85 bits per heavy atom. The van der Waals surface area contributed by atoms with E-state index in [2.05, 4.69) is 4.94 Å². The number of rotatable bonds is 3. The van der Waals surface area contributed by atoms with E-state index in [0.29, 0.717) is 12.1 Å². The fourth-order valence-electron chi connectivity index (χ4n) is 0.895. The van der Waals surface area contributed by atoms with Crippen LogP contribution in [0.15, 0.2) is 24.3 Å². The first-order valence-corrected chi connectivity index (χ1v) is 4.44. The molecule has 0 atom stereocenters. The summed E-state index contributed by atoms with van der Waals surface area (Å²) in [4.78, 5) is 3.65. The lowest BCUT2D eigenvalue weighted by Crippen LogP contribution is -2.03. The number of hydrogen-bond donors (Lipinski definition) is 0. The molecule has 0 saturated heterocycles. The smallest absolute Gasteiger partial charge is 0.189 e. The first kappa shape index (κ1) is 10.1. The molecule has 1 rings (SSSR count). The summed E-state index contributed by atoms with van der Waals surface area (Å²) in [5.41, 5.74) is 0.640. The van der Waals surface area contributed by atoms with Crippen LogP contribution in [-0.2, 0) is 6.54 Å². The minimum Gasteiger partial charge on any atom is -0.294 e. The molecule has 0 spiro atoms. The summed E-state index contributed by atoms with van der Waals surface area (Å²) in [5, 5.41) is 8.49. The monoisotopic (exact) mass is 292 g/mol. The van der Waals surface area contributed by atoms with Crippen LogP contribution in [0.25, 0.3) is 0 Å². The molecule has 0 aromatic heterocycles. The van der Waals surface area contributed by atoms with Gasteiger partial charge in [-0.3, -0.25) is 4.94 Å². The molecular weight excluding hydrogens is 286 g/mol. The van der Waals surface area contributed by atoms with E-state index in [1.165, 1.54) is 9.18 Å². The molecule has 0 saturated carbocycles. The third-order valence-electron chi connectivity index (χ3n) is 1.47. The average Bonchev–Trinajstić information content (AvgIpc) is 2.18. The SMILES string of the molecule is N#CN(I)Cc1ccccc1OF. The van der Waals surface area contributed by atoms with E-state index < -0.39 is 0 Å². The summed E-state index contributed by atoms with van der Waals surface area (Å²) in [6.45, 7) is 0.331. The van der Waals surface area contributed by atoms with Crippen molar-refractivity contribution in [2.24, 2.45) is 0 Å². The van der Waals surface area contributed by atoms with Gasteiger partial charge in [0.2, 0.25) is 0 Å². The minimum absolute atomic E-state index is 0.152. The highest BCUT2D eigenvalue weighted by Gasteiger charge is 2.06. The van der Waals surface area contributed by atoms with E-state index in [1.807, 2.05) is 29.1 Å². The topological polar surface area (TPSA) is 36.3 Å². The van der Waals surface area contributed by atoms with Crippen molar-refractivity contribution in [2.45, 2.75) is 6.54 Å². The molecule has 0 aliphatic rings. The summed E-state index contributed by atoms with van der Waals surface area (Å²) in [5.74, 6) is 0.152. The van der Waals surface area contributed by atoms with Crippen molar-refractivity contribution < 1.29 is 9.47 Å². The Morgan fingerprint density at radius 1 is 1.54 bits per heavy atom. The van der Waals surface area contributed by atoms with Gasteiger partial charge in [0.25, 0.3) is 0 Å². The molecule has 0 radical (unpaired) electrons. The highest BCUT2D eigenvalue weighted by molar-refractivity contribution is 14.1. The van der Waals surface area contributed by atoms with Crippen LogP contribution in [0, 0.1) is 11.5 Å². The minimum atomic E-state index is 0.152. The van der Waals surface area contributed by atoms with E-state index in [1.54, 1.807) is 18.2 Å². The van der Waals surface area contributed by atoms with E-state index in [-0.39, 0.29) is 5.75 Å². The lowest BCUT2D eigenvalue weighted by molar-refractivity contribution is -0.00753. The summed E-state index contributed by atoms with van der Waals surface area (Å²) in [7, 11) is 0. The van der Waals surface area contributed by atoms with Crippen LogP contribution in [-0.4, -0.2) is 3.11 Å². The molecule has 13 heavy (non-hydrogen) atoms. The van der Waals surface area contributed by atoms with Crippen LogP contribution >= 0.6 is 22.9 Å². The first-order chi connectivity index (χ1) is 6.27. The zero-order valence-electron chi connectivity index (χ0n) is 6.58. The number of para-hydroxylation sites is 1. The fourth-order valence-corrected chi connectivity index (χ4v) is 1.26. The van der Waals surface area contributed by atoms with E-state index >= 15 is 0 Å². The quantitative estimate of drug-likeness (QED) is 0.372. The van der Waals surface area contributed by atoms with Gasteiger partial charge in [0.05, 0.1) is 29.4 Å².